The SMILES string of the molecule is C[n+]1ccc(Cc2cc(Cc3cc[n+](C)cc3)cc(Cc3cc[n+](C)cc3)c2)cc1. The Labute approximate surface area is 179 Å². The van der Waals surface area contributed by atoms with Gasteiger partial charge in [-0.25, -0.2) is 13.7 Å². The van der Waals surface area contributed by atoms with E-state index in [1.807, 2.05) is 0 Å². The van der Waals surface area contributed by atoms with Crippen molar-refractivity contribution in [1.82, 2.24) is 0 Å². The summed E-state index contributed by atoms with van der Waals surface area (Å²) in [5.74, 6) is 0. The Hall–Kier alpha value is -3.33. The van der Waals surface area contributed by atoms with Crippen molar-refractivity contribution >= 4 is 0 Å². The minimum absolute atomic E-state index is 0.954. The number of aromatic nitrogens is 3. The van der Waals surface area contributed by atoms with Crippen LogP contribution in [-0.2, 0) is 40.4 Å². The molecule has 3 heterocycles. The van der Waals surface area contributed by atoms with Crippen molar-refractivity contribution in [3.05, 3.63) is 125 Å². The summed E-state index contributed by atoms with van der Waals surface area (Å²) in [7, 11) is 6.17. The maximum Gasteiger partial charge on any atom is 0.168 e. The van der Waals surface area contributed by atoms with E-state index in [9.17, 15) is 0 Å². The Balaban J connectivity index is 1.64. The van der Waals surface area contributed by atoms with Crippen molar-refractivity contribution in [2.75, 3.05) is 0 Å². The van der Waals surface area contributed by atoms with E-state index in [-0.39, 0.29) is 0 Å². The molecule has 3 heteroatoms. The number of hydrogen-bond donors (Lipinski definition) is 0. The minimum Gasteiger partial charge on any atom is -0.208 e. The van der Waals surface area contributed by atoms with E-state index in [2.05, 4.69) is 127 Å². The van der Waals surface area contributed by atoms with Gasteiger partial charge in [0.05, 0.1) is 0 Å². The molecule has 1 aromatic carbocycles. The molecule has 3 aromatic heterocycles. The van der Waals surface area contributed by atoms with Crippen LogP contribution < -0.4 is 13.7 Å². The first-order chi connectivity index (χ1) is 14.5. The summed E-state index contributed by atoms with van der Waals surface area (Å²) >= 11 is 0. The van der Waals surface area contributed by atoms with Gasteiger partial charge in [0.15, 0.2) is 37.2 Å². The summed E-state index contributed by atoms with van der Waals surface area (Å²) in [6.07, 6.45) is 15.6. The van der Waals surface area contributed by atoms with Gasteiger partial charge in [-0.1, -0.05) is 18.2 Å². The van der Waals surface area contributed by atoms with Crippen molar-refractivity contribution < 1.29 is 13.7 Å². The zero-order valence-corrected chi connectivity index (χ0v) is 18.1. The smallest absolute Gasteiger partial charge is 0.168 e. The lowest BCUT2D eigenvalue weighted by atomic mass is 9.94. The molecule has 0 bridgehead atoms. The summed E-state index contributed by atoms with van der Waals surface area (Å²) in [6, 6.07) is 20.4. The van der Waals surface area contributed by atoms with Crippen LogP contribution in [0.1, 0.15) is 33.4 Å². The van der Waals surface area contributed by atoms with Crippen molar-refractivity contribution in [1.29, 1.82) is 0 Å². The molecule has 4 rings (SSSR count). The van der Waals surface area contributed by atoms with Crippen LogP contribution in [0.5, 0.6) is 0 Å². The second-order valence-electron chi connectivity index (χ2n) is 8.30. The third-order valence-corrected chi connectivity index (χ3v) is 5.48. The Morgan fingerprint density at radius 2 is 0.633 bits per heavy atom. The highest BCUT2D eigenvalue weighted by atomic mass is 14.9. The van der Waals surface area contributed by atoms with Gasteiger partial charge in [-0.2, -0.15) is 0 Å². The van der Waals surface area contributed by atoms with Crippen molar-refractivity contribution in [3.8, 4) is 0 Å². The number of nitrogens with zero attached hydrogens (tertiary/aromatic N) is 3. The van der Waals surface area contributed by atoms with Crippen LogP contribution in [-0.4, -0.2) is 0 Å². The molecule has 0 saturated heterocycles. The highest BCUT2D eigenvalue weighted by molar-refractivity contribution is 5.37. The predicted molar refractivity (Wildman–Crippen MR) is 118 cm³/mol. The Morgan fingerprint density at radius 1 is 0.400 bits per heavy atom. The standard InChI is InChI=1S/C27H30N3/c1-28-10-4-22(5-11-28)16-25-19-26(17-23-6-12-29(2)13-7-23)21-27(20-25)18-24-8-14-30(3)15-9-24/h4-15,19-21H,16-18H2,1-3H3/q+3. The van der Waals surface area contributed by atoms with Crippen LogP contribution >= 0.6 is 0 Å². The van der Waals surface area contributed by atoms with Gasteiger partial charge in [0.2, 0.25) is 0 Å². The molecule has 0 radical (unpaired) electrons. The Bertz CT molecular complexity index is 954. The Kier molecular flexibility index (Phi) is 5.99. The van der Waals surface area contributed by atoms with Crippen LogP contribution in [0.3, 0.4) is 0 Å². The van der Waals surface area contributed by atoms with Gasteiger partial charge in [0, 0.05) is 36.4 Å². The third-order valence-electron chi connectivity index (χ3n) is 5.48. The number of aryl methyl sites for hydroxylation is 3. The maximum absolute atomic E-state index is 2.37. The fourth-order valence-electron chi connectivity index (χ4n) is 3.80. The minimum atomic E-state index is 0.954. The fraction of sp³-hybridized carbons (Fsp3) is 0.222. The lowest BCUT2D eigenvalue weighted by molar-refractivity contribution is -0.671. The first-order valence-corrected chi connectivity index (χ1v) is 10.5. The lowest BCUT2D eigenvalue weighted by Crippen LogP contribution is -2.26. The second-order valence-corrected chi connectivity index (χ2v) is 8.30. The first kappa shape index (κ1) is 20.0. The molecule has 0 fully saturated rings. The van der Waals surface area contributed by atoms with Crippen LogP contribution in [0.25, 0.3) is 0 Å². The summed E-state index contributed by atoms with van der Waals surface area (Å²) in [5, 5.41) is 0. The zero-order valence-electron chi connectivity index (χ0n) is 18.1. The van der Waals surface area contributed by atoms with Crippen molar-refractivity contribution in [2.24, 2.45) is 21.1 Å². The summed E-state index contributed by atoms with van der Waals surface area (Å²) in [5.41, 5.74) is 8.15. The number of rotatable bonds is 6. The topological polar surface area (TPSA) is 11.6 Å². The molecule has 0 N–H and O–H groups in total. The molecule has 150 valence electrons. The summed E-state index contributed by atoms with van der Waals surface area (Å²) in [6.45, 7) is 0. The molecule has 0 aliphatic carbocycles. The molecule has 0 aliphatic heterocycles. The molecule has 3 nitrogen and oxygen atoms in total. The van der Waals surface area contributed by atoms with Gasteiger partial charge >= 0.3 is 0 Å². The van der Waals surface area contributed by atoms with Crippen LogP contribution in [0.15, 0.2) is 91.8 Å². The van der Waals surface area contributed by atoms with Crippen LogP contribution in [0.2, 0.25) is 0 Å². The zero-order chi connectivity index (χ0) is 20.9. The van der Waals surface area contributed by atoms with Gasteiger partial charge in [0.25, 0.3) is 0 Å². The molecule has 30 heavy (non-hydrogen) atoms. The van der Waals surface area contributed by atoms with Gasteiger partial charge in [-0.05, 0) is 52.6 Å². The van der Waals surface area contributed by atoms with E-state index >= 15 is 0 Å². The average Bonchev–Trinajstić information content (AvgIpc) is 2.73. The molecule has 0 unspecified atom stereocenters. The molecule has 0 saturated carbocycles. The molecule has 0 atom stereocenters. The number of pyridine rings is 3. The highest BCUT2D eigenvalue weighted by Gasteiger charge is 2.07. The highest BCUT2D eigenvalue weighted by Crippen LogP contribution is 2.19. The molecule has 4 aromatic rings. The molecule has 0 spiro atoms. The first-order valence-electron chi connectivity index (χ1n) is 10.5. The average molecular weight is 397 g/mol. The maximum atomic E-state index is 2.37. The fourth-order valence-corrected chi connectivity index (χ4v) is 3.80. The molecular formula is C27H30N3+3. The van der Waals surface area contributed by atoms with Gasteiger partial charge < -0.3 is 0 Å². The van der Waals surface area contributed by atoms with Crippen molar-refractivity contribution in [3.63, 3.8) is 0 Å². The summed E-state index contributed by atoms with van der Waals surface area (Å²) in [4.78, 5) is 0. The second kappa shape index (κ2) is 9.00. The van der Waals surface area contributed by atoms with Crippen molar-refractivity contribution in [2.45, 2.75) is 19.3 Å². The summed E-state index contributed by atoms with van der Waals surface area (Å²) < 4.78 is 6.24. The molecular weight excluding hydrogens is 366 g/mol. The van der Waals surface area contributed by atoms with E-state index in [4.69, 9.17) is 0 Å². The molecule has 0 aliphatic rings. The number of hydrogen-bond acceptors (Lipinski definition) is 0. The van der Waals surface area contributed by atoms with Gasteiger partial charge in [-0.15, -0.1) is 0 Å². The predicted octanol–water partition coefficient (Wildman–Crippen LogP) is 2.93. The van der Waals surface area contributed by atoms with E-state index in [1.54, 1.807) is 0 Å². The molecule has 0 amide bonds. The van der Waals surface area contributed by atoms with Gasteiger partial charge in [-0.3, -0.25) is 0 Å². The van der Waals surface area contributed by atoms with E-state index < -0.39 is 0 Å². The van der Waals surface area contributed by atoms with Crippen LogP contribution in [0, 0.1) is 0 Å². The normalized spacial score (nSPS) is 10.9. The van der Waals surface area contributed by atoms with E-state index in [0.717, 1.165) is 19.3 Å². The third kappa shape index (κ3) is 5.38. The lowest BCUT2D eigenvalue weighted by Gasteiger charge is -2.11. The quantitative estimate of drug-likeness (QED) is 0.444. The van der Waals surface area contributed by atoms with E-state index in [0.29, 0.717) is 0 Å². The largest absolute Gasteiger partial charge is 0.208 e. The van der Waals surface area contributed by atoms with Gasteiger partial charge in [0.1, 0.15) is 21.1 Å². The monoisotopic (exact) mass is 396 g/mol. The van der Waals surface area contributed by atoms with E-state index in [1.165, 1.54) is 33.4 Å². The number of benzene rings is 1. The van der Waals surface area contributed by atoms with Crippen LogP contribution in [0.4, 0.5) is 0 Å². The Morgan fingerprint density at radius 3 is 0.867 bits per heavy atom.